The summed E-state index contributed by atoms with van der Waals surface area (Å²) >= 11 is 3.32. The summed E-state index contributed by atoms with van der Waals surface area (Å²) < 4.78 is 6.06. The minimum atomic E-state index is -0.189. The second-order valence-electron chi connectivity index (χ2n) is 3.64. The summed E-state index contributed by atoms with van der Waals surface area (Å²) in [7, 11) is 0. The largest absolute Gasteiger partial charge is 0.466 e. The van der Waals surface area contributed by atoms with E-state index in [1.54, 1.807) is 31.5 Å². The van der Waals surface area contributed by atoms with Gasteiger partial charge < -0.3 is 9.73 Å². The van der Waals surface area contributed by atoms with Crippen LogP contribution in [0, 0.1) is 13.8 Å². The van der Waals surface area contributed by atoms with Gasteiger partial charge in [-0.15, -0.1) is 0 Å². The van der Waals surface area contributed by atoms with Crippen molar-refractivity contribution < 1.29 is 9.21 Å². The van der Waals surface area contributed by atoms with E-state index in [-0.39, 0.29) is 5.91 Å². The first kappa shape index (κ1) is 11.9. The Labute approximate surface area is 107 Å². The third-order valence-corrected chi connectivity index (χ3v) is 2.94. The highest BCUT2D eigenvalue weighted by Gasteiger charge is 2.14. The number of rotatable bonds is 2. The number of carbonyl (C=O) groups is 1. The molecule has 2 rings (SSSR count). The van der Waals surface area contributed by atoms with E-state index < -0.39 is 0 Å². The van der Waals surface area contributed by atoms with Crippen molar-refractivity contribution in [1.29, 1.82) is 0 Å². The van der Waals surface area contributed by atoms with Gasteiger partial charge >= 0.3 is 0 Å². The third-order valence-electron chi connectivity index (χ3n) is 2.31. The number of pyridine rings is 1. The lowest BCUT2D eigenvalue weighted by atomic mass is 10.2. The number of hydrogen-bond donors (Lipinski definition) is 1. The maximum atomic E-state index is 12.0. The van der Waals surface area contributed by atoms with Crippen LogP contribution in [-0.4, -0.2) is 10.9 Å². The predicted octanol–water partition coefficient (Wildman–Crippen LogP) is 3.31. The molecule has 0 aliphatic heterocycles. The molecule has 0 unspecified atom stereocenters. The normalized spacial score (nSPS) is 10.3. The molecule has 0 saturated heterocycles. The SMILES string of the molecule is Cc1cc(C(=O)Nc2ccncc2Br)c(C)o1. The topological polar surface area (TPSA) is 55.1 Å². The molecule has 0 aromatic carbocycles. The van der Waals surface area contributed by atoms with Gasteiger partial charge in [-0.1, -0.05) is 0 Å². The molecule has 0 aliphatic carbocycles. The Morgan fingerprint density at radius 1 is 1.47 bits per heavy atom. The zero-order valence-electron chi connectivity index (χ0n) is 9.45. The van der Waals surface area contributed by atoms with Gasteiger partial charge in [0.05, 0.1) is 15.7 Å². The van der Waals surface area contributed by atoms with Gasteiger partial charge in [0.1, 0.15) is 11.5 Å². The van der Waals surface area contributed by atoms with Crippen LogP contribution in [-0.2, 0) is 0 Å². The van der Waals surface area contributed by atoms with Crippen LogP contribution in [0.4, 0.5) is 5.69 Å². The Morgan fingerprint density at radius 3 is 2.82 bits per heavy atom. The van der Waals surface area contributed by atoms with Crippen LogP contribution >= 0.6 is 15.9 Å². The highest BCUT2D eigenvalue weighted by atomic mass is 79.9. The minimum Gasteiger partial charge on any atom is -0.466 e. The molecule has 1 N–H and O–H groups in total. The number of anilines is 1. The van der Waals surface area contributed by atoms with E-state index in [2.05, 4.69) is 26.2 Å². The maximum absolute atomic E-state index is 12.0. The Morgan fingerprint density at radius 2 is 2.24 bits per heavy atom. The van der Waals surface area contributed by atoms with Crippen molar-refractivity contribution in [1.82, 2.24) is 4.98 Å². The summed E-state index contributed by atoms with van der Waals surface area (Å²) in [6, 6.07) is 3.45. The lowest BCUT2D eigenvalue weighted by Crippen LogP contribution is -2.12. The van der Waals surface area contributed by atoms with Crippen LogP contribution in [0.5, 0.6) is 0 Å². The van der Waals surface area contributed by atoms with E-state index in [1.165, 1.54) is 0 Å². The lowest BCUT2D eigenvalue weighted by molar-refractivity contribution is 0.102. The second-order valence-corrected chi connectivity index (χ2v) is 4.49. The maximum Gasteiger partial charge on any atom is 0.259 e. The molecule has 2 heterocycles. The van der Waals surface area contributed by atoms with Gasteiger partial charge in [0, 0.05) is 12.4 Å². The zero-order valence-corrected chi connectivity index (χ0v) is 11.0. The molecule has 2 aromatic heterocycles. The molecule has 0 fully saturated rings. The summed E-state index contributed by atoms with van der Waals surface area (Å²) in [6.45, 7) is 3.58. The van der Waals surface area contributed by atoms with Crippen LogP contribution in [0.15, 0.2) is 33.4 Å². The third kappa shape index (κ3) is 2.55. The first-order chi connectivity index (χ1) is 8.08. The van der Waals surface area contributed by atoms with Gasteiger partial charge in [0.2, 0.25) is 0 Å². The zero-order chi connectivity index (χ0) is 12.4. The van der Waals surface area contributed by atoms with Crippen molar-refractivity contribution in [2.45, 2.75) is 13.8 Å². The highest BCUT2D eigenvalue weighted by molar-refractivity contribution is 9.10. The van der Waals surface area contributed by atoms with Crippen LogP contribution in [0.2, 0.25) is 0 Å². The molecule has 2 aromatic rings. The van der Waals surface area contributed by atoms with Crippen LogP contribution < -0.4 is 5.32 Å². The average Bonchev–Trinajstić information content (AvgIpc) is 2.61. The fraction of sp³-hybridized carbons (Fsp3) is 0.167. The first-order valence-corrected chi connectivity index (χ1v) is 5.85. The number of furan rings is 1. The second kappa shape index (κ2) is 4.71. The van der Waals surface area contributed by atoms with E-state index in [4.69, 9.17) is 4.42 Å². The quantitative estimate of drug-likeness (QED) is 0.924. The molecule has 1 amide bonds. The van der Waals surface area contributed by atoms with E-state index in [9.17, 15) is 4.79 Å². The van der Waals surface area contributed by atoms with Gasteiger partial charge in [-0.3, -0.25) is 9.78 Å². The standard InChI is InChI=1S/C12H11BrN2O2/c1-7-5-9(8(2)17-7)12(16)15-11-3-4-14-6-10(11)13/h3-6H,1-2H3,(H,14,15,16). The van der Waals surface area contributed by atoms with Gasteiger partial charge in [-0.2, -0.15) is 0 Å². The predicted molar refractivity (Wildman–Crippen MR) is 68.1 cm³/mol. The number of amides is 1. The molecule has 0 bridgehead atoms. The fourth-order valence-corrected chi connectivity index (χ4v) is 1.87. The first-order valence-electron chi connectivity index (χ1n) is 5.06. The molecule has 17 heavy (non-hydrogen) atoms. The smallest absolute Gasteiger partial charge is 0.259 e. The van der Waals surface area contributed by atoms with Crippen LogP contribution in [0.3, 0.4) is 0 Å². The Bertz CT molecular complexity index is 563. The molecular weight excluding hydrogens is 284 g/mol. The van der Waals surface area contributed by atoms with Crippen LogP contribution in [0.25, 0.3) is 0 Å². The fourth-order valence-electron chi connectivity index (χ4n) is 1.52. The molecule has 88 valence electrons. The number of aryl methyl sites for hydroxylation is 2. The van der Waals surface area contributed by atoms with Crippen LogP contribution in [0.1, 0.15) is 21.9 Å². The van der Waals surface area contributed by atoms with Crippen molar-refractivity contribution in [2.24, 2.45) is 0 Å². The number of halogens is 1. The monoisotopic (exact) mass is 294 g/mol. The molecular formula is C12H11BrN2O2. The molecule has 5 heteroatoms. The summed E-state index contributed by atoms with van der Waals surface area (Å²) in [5, 5.41) is 2.79. The van der Waals surface area contributed by atoms with E-state index in [1.807, 2.05) is 6.92 Å². The van der Waals surface area contributed by atoms with Crippen molar-refractivity contribution in [3.05, 3.63) is 46.1 Å². The highest BCUT2D eigenvalue weighted by Crippen LogP contribution is 2.22. The number of carbonyl (C=O) groups excluding carboxylic acids is 1. The molecule has 4 nitrogen and oxygen atoms in total. The Balaban J connectivity index is 2.23. The van der Waals surface area contributed by atoms with Gasteiger partial charge in [0.15, 0.2) is 0 Å². The summed E-state index contributed by atoms with van der Waals surface area (Å²) in [5.74, 6) is 1.15. The molecule has 0 saturated carbocycles. The lowest BCUT2D eigenvalue weighted by Gasteiger charge is -2.05. The Hall–Kier alpha value is -1.62. The molecule has 0 spiro atoms. The van der Waals surface area contributed by atoms with Crippen molar-refractivity contribution in [2.75, 3.05) is 5.32 Å². The molecule has 0 atom stereocenters. The van der Waals surface area contributed by atoms with Gasteiger partial charge in [-0.25, -0.2) is 0 Å². The number of nitrogens with one attached hydrogen (secondary N) is 1. The summed E-state index contributed by atoms with van der Waals surface area (Å²) in [5.41, 5.74) is 1.23. The van der Waals surface area contributed by atoms with Gasteiger partial charge in [0.25, 0.3) is 5.91 Å². The number of hydrogen-bond acceptors (Lipinski definition) is 3. The van der Waals surface area contributed by atoms with Crippen molar-refractivity contribution in [3.8, 4) is 0 Å². The van der Waals surface area contributed by atoms with E-state index in [0.29, 0.717) is 17.0 Å². The Kier molecular flexibility index (Phi) is 3.28. The number of aromatic nitrogens is 1. The van der Waals surface area contributed by atoms with Crippen molar-refractivity contribution in [3.63, 3.8) is 0 Å². The number of nitrogens with zero attached hydrogens (tertiary/aromatic N) is 1. The van der Waals surface area contributed by atoms with Gasteiger partial charge in [-0.05, 0) is 41.9 Å². The summed E-state index contributed by atoms with van der Waals surface area (Å²) in [4.78, 5) is 15.9. The molecule has 0 aliphatic rings. The molecule has 0 radical (unpaired) electrons. The van der Waals surface area contributed by atoms with Crippen molar-refractivity contribution >= 4 is 27.5 Å². The average molecular weight is 295 g/mol. The van der Waals surface area contributed by atoms with E-state index >= 15 is 0 Å². The van der Waals surface area contributed by atoms with E-state index in [0.717, 1.165) is 10.2 Å². The summed E-state index contributed by atoms with van der Waals surface area (Å²) in [6.07, 6.45) is 3.25. The minimum absolute atomic E-state index is 0.189.